The van der Waals surface area contributed by atoms with E-state index in [0.29, 0.717) is 16.8 Å². The van der Waals surface area contributed by atoms with Crippen molar-refractivity contribution in [1.82, 2.24) is 5.32 Å². The molecule has 0 atom stereocenters. The number of hydrogen-bond donors (Lipinski definition) is 1. The van der Waals surface area contributed by atoms with Crippen molar-refractivity contribution in [2.75, 3.05) is 23.7 Å². The molecule has 0 fully saturated rings. The average Bonchev–Trinajstić information content (AvgIpc) is 2.65. The molecular weight excluding hydrogens is 460 g/mol. The van der Waals surface area contributed by atoms with Gasteiger partial charge in [0.2, 0.25) is 15.9 Å². The lowest BCUT2D eigenvalue weighted by atomic mass is 10.1. The smallest absolute Gasteiger partial charge is 0.356 e. The number of hydrogen-bond acceptors (Lipinski definition) is 3. The maximum Gasteiger partial charge on any atom is 0.418 e. The zero-order valence-electron chi connectivity index (χ0n) is 16.5. The maximum absolute atomic E-state index is 13.4. The van der Waals surface area contributed by atoms with E-state index in [4.69, 9.17) is 11.6 Å². The Hall–Kier alpha value is -2.33. The van der Waals surface area contributed by atoms with Gasteiger partial charge in [-0.25, -0.2) is 12.8 Å². The van der Waals surface area contributed by atoms with Crippen LogP contribution in [0.4, 0.5) is 23.2 Å². The minimum Gasteiger partial charge on any atom is -0.356 e. The number of anilines is 1. The van der Waals surface area contributed by atoms with Crippen LogP contribution in [0.3, 0.4) is 0 Å². The largest absolute Gasteiger partial charge is 0.418 e. The van der Waals surface area contributed by atoms with E-state index in [2.05, 4.69) is 5.32 Å². The number of carbonyl (C=O) groups excluding carboxylic acids is 1. The molecule has 11 heteroatoms. The fraction of sp³-hybridized carbons (Fsp3) is 0.350. The molecule has 2 rings (SSSR count). The summed E-state index contributed by atoms with van der Waals surface area (Å²) in [4.78, 5) is 12.0. The summed E-state index contributed by atoms with van der Waals surface area (Å²) in [6.45, 7) is -0.0232. The van der Waals surface area contributed by atoms with Crippen LogP contribution in [-0.4, -0.2) is 33.7 Å². The van der Waals surface area contributed by atoms with Gasteiger partial charge in [0.25, 0.3) is 0 Å². The average molecular weight is 481 g/mol. The highest BCUT2D eigenvalue weighted by atomic mass is 35.5. The Balaban J connectivity index is 1.97. The van der Waals surface area contributed by atoms with Crippen LogP contribution in [0.1, 0.15) is 24.0 Å². The summed E-state index contributed by atoms with van der Waals surface area (Å²) in [5.74, 6) is -0.736. The highest BCUT2D eigenvalue weighted by Crippen LogP contribution is 2.39. The standard InChI is InChI=1S/C20H21ClF4N2O3S/c1-31(29,30)27(18-9-6-15(21)13-17(18)20(23,24)25)12-2-3-19(28)26-11-10-14-4-7-16(22)8-5-14/h4-9,13H,2-3,10-12H2,1H3,(H,26,28). The van der Waals surface area contributed by atoms with Gasteiger partial charge in [-0.05, 0) is 48.7 Å². The third-order valence-electron chi connectivity index (χ3n) is 4.35. The predicted molar refractivity (Wildman–Crippen MR) is 111 cm³/mol. The molecule has 0 aromatic heterocycles. The summed E-state index contributed by atoms with van der Waals surface area (Å²) >= 11 is 5.65. The highest BCUT2D eigenvalue weighted by molar-refractivity contribution is 7.92. The van der Waals surface area contributed by atoms with E-state index < -0.39 is 27.5 Å². The Morgan fingerprint density at radius 1 is 1.13 bits per heavy atom. The Morgan fingerprint density at radius 2 is 1.77 bits per heavy atom. The number of nitrogens with zero attached hydrogens (tertiary/aromatic N) is 1. The summed E-state index contributed by atoms with van der Waals surface area (Å²) in [7, 11) is -4.04. The zero-order valence-corrected chi connectivity index (χ0v) is 18.1. The number of halogens is 5. The second-order valence-electron chi connectivity index (χ2n) is 6.82. The number of sulfonamides is 1. The van der Waals surface area contributed by atoms with Crippen molar-refractivity contribution in [2.24, 2.45) is 0 Å². The highest BCUT2D eigenvalue weighted by Gasteiger charge is 2.36. The second-order valence-corrected chi connectivity index (χ2v) is 9.17. The van der Waals surface area contributed by atoms with Gasteiger partial charge in [0.15, 0.2) is 0 Å². The molecule has 170 valence electrons. The molecule has 2 aromatic carbocycles. The summed E-state index contributed by atoms with van der Waals surface area (Å²) in [6.07, 6.45) is -3.60. The monoisotopic (exact) mass is 480 g/mol. The third kappa shape index (κ3) is 7.70. The first-order valence-corrected chi connectivity index (χ1v) is 11.5. The number of rotatable bonds is 9. The molecule has 0 unspecified atom stereocenters. The van der Waals surface area contributed by atoms with Gasteiger partial charge in [-0.3, -0.25) is 9.10 Å². The van der Waals surface area contributed by atoms with Crippen LogP contribution in [0.5, 0.6) is 0 Å². The predicted octanol–water partition coefficient (Wildman–Crippen LogP) is 4.40. The van der Waals surface area contributed by atoms with Gasteiger partial charge in [-0.2, -0.15) is 13.2 Å². The van der Waals surface area contributed by atoms with Crippen LogP contribution < -0.4 is 9.62 Å². The van der Waals surface area contributed by atoms with Gasteiger partial charge in [0.1, 0.15) is 5.82 Å². The van der Waals surface area contributed by atoms with E-state index in [1.807, 2.05) is 0 Å². The van der Waals surface area contributed by atoms with Gasteiger partial charge in [-0.15, -0.1) is 0 Å². The van der Waals surface area contributed by atoms with E-state index in [0.717, 1.165) is 17.9 Å². The number of amides is 1. The Morgan fingerprint density at radius 3 is 2.35 bits per heavy atom. The van der Waals surface area contributed by atoms with Crippen molar-refractivity contribution >= 4 is 33.2 Å². The molecule has 2 aromatic rings. The lowest BCUT2D eigenvalue weighted by molar-refractivity contribution is -0.137. The van der Waals surface area contributed by atoms with Crippen LogP contribution in [0.15, 0.2) is 42.5 Å². The molecule has 0 spiro atoms. The van der Waals surface area contributed by atoms with Crippen LogP contribution >= 0.6 is 11.6 Å². The lowest BCUT2D eigenvalue weighted by Gasteiger charge is -2.25. The van der Waals surface area contributed by atoms with Crippen molar-refractivity contribution in [2.45, 2.75) is 25.4 Å². The van der Waals surface area contributed by atoms with Crippen molar-refractivity contribution in [3.8, 4) is 0 Å². The van der Waals surface area contributed by atoms with Crippen LogP contribution in [-0.2, 0) is 27.4 Å². The molecule has 1 N–H and O–H groups in total. The zero-order chi connectivity index (χ0) is 23.2. The molecule has 0 radical (unpaired) electrons. The van der Waals surface area contributed by atoms with Crippen molar-refractivity contribution in [3.63, 3.8) is 0 Å². The van der Waals surface area contributed by atoms with Crippen LogP contribution in [0.25, 0.3) is 0 Å². The minimum atomic E-state index is -4.80. The fourth-order valence-electron chi connectivity index (χ4n) is 2.89. The van der Waals surface area contributed by atoms with E-state index in [-0.39, 0.29) is 42.7 Å². The van der Waals surface area contributed by atoms with E-state index in [9.17, 15) is 30.8 Å². The van der Waals surface area contributed by atoms with E-state index in [1.54, 1.807) is 12.1 Å². The minimum absolute atomic E-state index is 0.00930. The van der Waals surface area contributed by atoms with Crippen molar-refractivity contribution in [3.05, 3.63) is 64.4 Å². The van der Waals surface area contributed by atoms with E-state index >= 15 is 0 Å². The molecule has 1 amide bonds. The van der Waals surface area contributed by atoms with Gasteiger partial charge >= 0.3 is 6.18 Å². The molecule has 31 heavy (non-hydrogen) atoms. The lowest BCUT2D eigenvalue weighted by Crippen LogP contribution is -2.34. The maximum atomic E-state index is 13.4. The summed E-state index contributed by atoms with van der Waals surface area (Å²) in [5, 5.41) is 2.47. The van der Waals surface area contributed by atoms with Gasteiger partial charge in [-0.1, -0.05) is 23.7 Å². The number of benzene rings is 2. The molecule has 0 aliphatic heterocycles. The summed E-state index contributed by atoms with van der Waals surface area (Å²) in [5.41, 5.74) is -0.891. The SMILES string of the molecule is CS(=O)(=O)N(CCCC(=O)NCCc1ccc(F)cc1)c1ccc(Cl)cc1C(F)(F)F. The molecule has 0 aliphatic rings. The fourth-order valence-corrected chi connectivity index (χ4v) is 4.04. The number of carbonyl (C=O) groups is 1. The molecule has 0 heterocycles. The van der Waals surface area contributed by atoms with Crippen molar-refractivity contribution < 1.29 is 30.8 Å². The molecule has 0 bridgehead atoms. The quantitative estimate of drug-likeness (QED) is 0.541. The topological polar surface area (TPSA) is 66.5 Å². The normalized spacial score (nSPS) is 11.9. The molecule has 0 saturated carbocycles. The first-order chi connectivity index (χ1) is 14.4. The first-order valence-electron chi connectivity index (χ1n) is 9.23. The number of alkyl halides is 3. The van der Waals surface area contributed by atoms with Crippen molar-refractivity contribution in [1.29, 1.82) is 0 Å². The Kier molecular flexibility index (Phi) is 8.30. The van der Waals surface area contributed by atoms with Gasteiger partial charge in [0.05, 0.1) is 17.5 Å². The Bertz CT molecular complexity index is 1010. The summed E-state index contributed by atoms with van der Waals surface area (Å²) in [6, 6.07) is 8.64. The summed E-state index contributed by atoms with van der Waals surface area (Å²) < 4.78 is 77.8. The van der Waals surface area contributed by atoms with Crippen LogP contribution in [0.2, 0.25) is 5.02 Å². The van der Waals surface area contributed by atoms with E-state index in [1.165, 1.54) is 18.2 Å². The molecule has 0 saturated heterocycles. The third-order valence-corrected chi connectivity index (χ3v) is 5.76. The Labute approximate surface area is 183 Å². The molecule has 0 aliphatic carbocycles. The van der Waals surface area contributed by atoms with Gasteiger partial charge in [0, 0.05) is 24.5 Å². The van der Waals surface area contributed by atoms with Gasteiger partial charge < -0.3 is 5.32 Å². The first kappa shape index (κ1) is 24.9. The molecule has 5 nitrogen and oxygen atoms in total. The molecular formula is C20H21ClF4N2O3S. The second kappa shape index (κ2) is 10.3. The van der Waals surface area contributed by atoms with Crippen LogP contribution in [0, 0.1) is 5.82 Å². The number of nitrogens with one attached hydrogen (secondary N) is 1.